The standard InChI is InChI=1S/C29H26O8/c1-8-24(30)34-18-11-20-21-12-19(35-29(33)15(4)5)14-23(37-26(32)10-3)28(21)17(7)16(6)27(20)22(13-18)36-25(31)9-2/h8-14,16-17H,1-4H2,5-7H3. The van der Waals surface area contributed by atoms with Crippen molar-refractivity contribution in [1.82, 2.24) is 0 Å². The molecular formula is C29H26O8. The van der Waals surface area contributed by atoms with E-state index >= 15 is 0 Å². The molecule has 0 saturated carbocycles. The third kappa shape index (κ3) is 5.59. The average molecular weight is 503 g/mol. The van der Waals surface area contributed by atoms with Gasteiger partial charge >= 0.3 is 23.9 Å². The average Bonchev–Trinajstić information content (AvgIpc) is 2.86. The zero-order valence-corrected chi connectivity index (χ0v) is 20.8. The SMILES string of the molecule is C=CC(=O)Oc1cc(OC(=O)C=C)c2c(c1)-c1cc(OC(=O)C(=C)C)cc(OC(=O)C=C)c1C(C)C2C. The molecule has 0 fully saturated rings. The van der Waals surface area contributed by atoms with Gasteiger partial charge in [0.2, 0.25) is 0 Å². The predicted octanol–water partition coefficient (Wildman–Crippen LogP) is 5.33. The minimum absolute atomic E-state index is 0.0807. The maximum atomic E-state index is 12.3. The van der Waals surface area contributed by atoms with Crippen LogP contribution >= 0.6 is 0 Å². The topological polar surface area (TPSA) is 105 Å². The highest BCUT2D eigenvalue weighted by atomic mass is 16.6. The lowest BCUT2D eigenvalue weighted by atomic mass is 9.72. The van der Waals surface area contributed by atoms with Gasteiger partial charge in [0.25, 0.3) is 0 Å². The third-order valence-corrected chi connectivity index (χ3v) is 5.88. The summed E-state index contributed by atoms with van der Waals surface area (Å²) in [6, 6.07) is 6.06. The van der Waals surface area contributed by atoms with Crippen LogP contribution in [0.1, 0.15) is 43.7 Å². The van der Waals surface area contributed by atoms with Crippen molar-refractivity contribution >= 4 is 23.9 Å². The van der Waals surface area contributed by atoms with Crippen molar-refractivity contribution in [2.24, 2.45) is 0 Å². The highest BCUT2D eigenvalue weighted by Gasteiger charge is 2.35. The van der Waals surface area contributed by atoms with Gasteiger partial charge in [-0.2, -0.15) is 0 Å². The molecule has 0 heterocycles. The molecule has 0 N–H and O–H groups in total. The second-order valence-corrected chi connectivity index (χ2v) is 8.39. The van der Waals surface area contributed by atoms with Gasteiger partial charge in [0.05, 0.1) is 0 Å². The Labute approximate surface area is 214 Å². The molecule has 1 aliphatic carbocycles. The fourth-order valence-corrected chi connectivity index (χ4v) is 4.03. The molecule has 3 rings (SSSR count). The van der Waals surface area contributed by atoms with Crippen molar-refractivity contribution < 1.29 is 38.1 Å². The Bertz CT molecular complexity index is 1360. The number of hydrogen-bond donors (Lipinski definition) is 0. The molecule has 0 aliphatic heterocycles. The van der Waals surface area contributed by atoms with E-state index in [0.29, 0.717) is 22.3 Å². The van der Waals surface area contributed by atoms with Crippen LogP contribution in [-0.2, 0) is 19.2 Å². The number of hydrogen-bond acceptors (Lipinski definition) is 8. The second-order valence-electron chi connectivity index (χ2n) is 8.39. The van der Waals surface area contributed by atoms with Crippen molar-refractivity contribution in [2.75, 3.05) is 0 Å². The first-order valence-corrected chi connectivity index (χ1v) is 11.3. The Morgan fingerprint density at radius 2 is 1.05 bits per heavy atom. The molecule has 8 heteroatoms. The van der Waals surface area contributed by atoms with E-state index < -0.39 is 23.9 Å². The lowest BCUT2D eigenvalue weighted by Crippen LogP contribution is -2.19. The summed E-state index contributed by atoms with van der Waals surface area (Å²) in [5, 5.41) is 0. The molecule has 8 nitrogen and oxygen atoms in total. The van der Waals surface area contributed by atoms with Crippen molar-refractivity contribution in [3.8, 4) is 34.1 Å². The minimum Gasteiger partial charge on any atom is -0.423 e. The highest BCUT2D eigenvalue weighted by molar-refractivity contribution is 5.91. The first-order valence-electron chi connectivity index (χ1n) is 11.3. The summed E-state index contributed by atoms with van der Waals surface area (Å²) in [7, 11) is 0. The fraction of sp³-hybridized carbons (Fsp3) is 0.172. The van der Waals surface area contributed by atoms with Crippen LogP contribution in [0.4, 0.5) is 0 Å². The number of rotatable bonds is 8. The maximum Gasteiger partial charge on any atom is 0.338 e. The van der Waals surface area contributed by atoms with Crippen LogP contribution in [0.15, 0.2) is 74.4 Å². The van der Waals surface area contributed by atoms with E-state index in [9.17, 15) is 19.2 Å². The van der Waals surface area contributed by atoms with Gasteiger partial charge in [-0.3, -0.25) is 0 Å². The lowest BCUT2D eigenvalue weighted by molar-refractivity contribution is -0.130. The molecular weight excluding hydrogens is 476 g/mol. The van der Waals surface area contributed by atoms with Crippen LogP contribution in [0.2, 0.25) is 0 Å². The molecule has 0 radical (unpaired) electrons. The smallest absolute Gasteiger partial charge is 0.338 e. The minimum atomic E-state index is -0.719. The molecule has 0 amide bonds. The molecule has 1 aliphatic rings. The first-order chi connectivity index (χ1) is 17.5. The van der Waals surface area contributed by atoms with Gasteiger partial charge in [-0.25, -0.2) is 19.2 Å². The van der Waals surface area contributed by atoms with Gasteiger partial charge in [-0.15, -0.1) is 0 Å². The first kappa shape index (κ1) is 26.9. The van der Waals surface area contributed by atoms with Crippen molar-refractivity contribution in [1.29, 1.82) is 0 Å². The summed E-state index contributed by atoms with van der Waals surface area (Å²) in [6.07, 6.45) is 3.03. The summed E-state index contributed by atoms with van der Waals surface area (Å²) in [5.41, 5.74) is 2.48. The molecule has 2 aromatic rings. The zero-order valence-electron chi connectivity index (χ0n) is 20.8. The number of esters is 4. The summed E-state index contributed by atoms with van der Waals surface area (Å²) >= 11 is 0. The number of fused-ring (bicyclic) bond motifs is 3. The largest absolute Gasteiger partial charge is 0.423 e. The van der Waals surface area contributed by atoms with Gasteiger partial charge in [-0.05, 0) is 42.0 Å². The number of ether oxygens (including phenoxy) is 4. The van der Waals surface area contributed by atoms with Crippen LogP contribution < -0.4 is 18.9 Å². The van der Waals surface area contributed by atoms with E-state index in [0.717, 1.165) is 18.2 Å². The van der Waals surface area contributed by atoms with Gasteiger partial charge in [0.15, 0.2) is 0 Å². The molecule has 2 aromatic carbocycles. The Hall–Kier alpha value is -4.72. The quantitative estimate of drug-likeness (QED) is 0.271. The summed E-state index contributed by atoms with van der Waals surface area (Å²) in [6.45, 7) is 19.2. The molecule has 2 unspecified atom stereocenters. The van der Waals surface area contributed by atoms with Crippen LogP contribution in [-0.4, -0.2) is 23.9 Å². The molecule has 0 saturated heterocycles. The van der Waals surface area contributed by atoms with E-state index in [1.807, 2.05) is 13.8 Å². The monoisotopic (exact) mass is 502 g/mol. The Morgan fingerprint density at radius 3 is 1.43 bits per heavy atom. The highest BCUT2D eigenvalue weighted by Crippen LogP contribution is 2.55. The summed E-state index contributed by atoms with van der Waals surface area (Å²) in [4.78, 5) is 48.5. The normalized spacial score (nSPS) is 15.2. The fourth-order valence-electron chi connectivity index (χ4n) is 4.03. The van der Waals surface area contributed by atoms with Crippen LogP contribution in [0.25, 0.3) is 11.1 Å². The van der Waals surface area contributed by atoms with Crippen molar-refractivity contribution in [2.45, 2.75) is 32.6 Å². The van der Waals surface area contributed by atoms with E-state index in [1.165, 1.54) is 19.1 Å². The molecule has 0 aromatic heterocycles. The van der Waals surface area contributed by atoms with E-state index in [4.69, 9.17) is 18.9 Å². The Morgan fingerprint density at radius 1 is 0.676 bits per heavy atom. The van der Waals surface area contributed by atoms with E-state index in [1.54, 1.807) is 12.1 Å². The van der Waals surface area contributed by atoms with Crippen LogP contribution in [0, 0.1) is 0 Å². The molecule has 37 heavy (non-hydrogen) atoms. The van der Waals surface area contributed by atoms with Gasteiger partial charge in [-0.1, -0.05) is 40.2 Å². The number of carbonyl (C=O) groups excluding carboxylic acids is 4. The molecule has 0 spiro atoms. The third-order valence-electron chi connectivity index (χ3n) is 5.88. The Balaban J connectivity index is 2.36. The van der Waals surface area contributed by atoms with Gasteiger partial charge in [0.1, 0.15) is 23.0 Å². The number of carbonyl (C=O) groups is 4. The molecule has 2 atom stereocenters. The second kappa shape index (κ2) is 10.9. The summed E-state index contributed by atoms with van der Waals surface area (Å²) < 4.78 is 21.8. The van der Waals surface area contributed by atoms with E-state index in [2.05, 4.69) is 26.3 Å². The zero-order chi connectivity index (χ0) is 27.4. The molecule has 190 valence electrons. The van der Waals surface area contributed by atoms with Gasteiger partial charge < -0.3 is 18.9 Å². The summed E-state index contributed by atoms with van der Waals surface area (Å²) in [5.74, 6) is -2.80. The lowest BCUT2D eigenvalue weighted by Gasteiger charge is -2.34. The van der Waals surface area contributed by atoms with Gasteiger partial charge in [0, 0.05) is 47.1 Å². The molecule has 0 bridgehead atoms. The Kier molecular flexibility index (Phi) is 7.92. The van der Waals surface area contributed by atoms with Crippen molar-refractivity contribution in [3.05, 3.63) is 85.5 Å². The predicted molar refractivity (Wildman–Crippen MR) is 137 cm³/mol. The number of benzene rings is 2. The van der Waals surface area contributed by atoms with Crippen molar-refractivity contribution in [3.63, 3.8) is 0 Å². The maximum absolute atomic E-state index is 12.3. The van der Waals surface area contributed by atoms with Crippen LogP contribution in [0.3, 0.4) is 0 Å². The van der Waals surface area contributed by atoms with E-state index in [-0.39, 0.29) is 40.4 Å². The van der Waals surface area contributed by atoms with Crippen LogP contribution in [0.5, 0.6) is 23.0 Å².